The number of benzene rings is 2. The van der Waals surface area contributed by atoms with Gasteiger partial charge in [-0.25, -0.2) is 0 Å². The molecule has 0 N–H and O–H groups in total. The van der Waals surface area contributed by atoms with E-state index >= 15 is 0 Å². The Morgan fingerprint density at radius 1 is 0.600 bits per heavy atom. The van der Waals surface area contributed by atoms with Crippen molar-refractivity contribution >= 4 is 28.5 Å². The van der Waals surface area contributed by atoms with Crippen LogP contribution in [0, 0.1) is 0 Å². The normalized spacial score (nSPS) is 19.6. The summed E-state index contributed by atoms with van der Waals surface area (Å²) < 4.78 is 1.20. The van der Waals surface area contributed by atoms with Crippen LogP contribution in [0.15, 0.2) is 40.9 Å². The molecular formula is C29H42BBrNa2O2. The van der Waals surface area contributed by atoms with E-state index in [1.54, 1.807) is 6.07 Å². The number of halogens is 1. The SMILES string of the molecule is C.CC1(C)CCC(C)(C)c2cc(B([O-])[O-])ccc21.CC1(C)CCC(C)(C)c2cc(Br)ccc21.[Na+].[Na+]. The van der Waals surface area contributed by atoms with Crippen LogP contribution in [0.3, 0.4) is 0 Å². The van der Waals surface area contributed by atoms with Gasteiger partial charge in [0.2, 0.25) is 0 Å². The van der Waals surface area contributed by atoms with E-state index in [0.29, 0.717) is 16.3 Å². The summed E-state index contributed by atoms with van der Waals surface area (Å²) in [5.41, 5.74) is 6.77. The van der Waals surface area contributed by atoms with Crippen LogP contribution in [-0.2, 0) is 21.7 Å². The monoisotopic (exact) mass is 558 g/mol. The van der Waals surface area contributed by atoms with Gasteiger partial charge in [-0.05, 0) is 81.7 Å². The first-order valence-corrected chi connectivity index (χ1v) is 12.6. The van der Waals surface area contributed by atoms with Crippen LogP contribution >= 0.6 is 15.9 Å². The van der Waals surface area contributed by atoms with Crippen molar-refractivity contribution in [3.63, 3.8) is 0 Å². The predicted octanol–water partition coefficient (Wildman–Crippen LogP) is -0.106. The average Bonchev–Trinajstić information content (AvgIpc) is 2.69. The van der Waals surface area contributed by atoms with Gasteiger partial charge in [-0.3, -0.25) is 0 Å². The zero-order valence-electron chi connectivity index (χ0n) is 23.1. The third-order valence-electron chi connectivity index (χ3n) is 7.96. The molecule has 4 rings (SSSR count). The minimum absolute atomic E-state index is 0. The molecule has 0 spiro atoms. The van der Waals surface area contributed by atoms with E-state index in [2.05, 4.69) is 89.5 Å². The Balaban J connectivity index is 0.000000612. The minimum atomic E-state index is -1.87. The number of hydrogen-bond donors (Lipinski definition) is 0. The summed E-state index contributed by atoms with van der Waals surface area (Å²) in [4.78, 5) is 0. The third kappa shape index (κ3) is 7.96. The van der Waals surface area contributed by atoms with Crippen LogP contribution < -0.4 is 74.6 Å². The second kappa shape index (κ2) is 12.8. The van der Waals surface area contributed by atoms with Crippen molar-refractivity contribution in [1.29, 1.82) is 0 Å². The van der Waals surface area contributed by atoms with E-state index in [4.69, 9.17) is 0 Å². The van der Waals surface area contributed by atoms with Gasteiger partial charge in [-0.1, -0.05) is 110 Å². The molecule has 0 saturated heterocycles. The molecule has 6 heteroatoms. The standard InChI is InChI=1S/C14H19BO2.C14H19Br.CH4.2Na/c1-13(2)7-8-14(3,4)12-9-10(15(16)17)5-6-11(12)13;1-13(2)7-8-14(3,4)12-9-10(15)5-6-11(12)13;;;/h5-6,9H,7-8H2,1-4H3;5-6,9H,7-8H2,1-4H3;1H4;;/q-2;;;2*+1. The van der Waals surface area contributed by atoms with Crippen molar-refractivity contribution in [2.45, 2.75) is 110 Å². The summed E-state index contributed by atoms with van der Waals surface area (Å²) in [6.45, 7) is 18.3. The van der Waals surface area contributed by atoms with Crippen molar-refractivity contribution in [1.82, 2.24) is 0 Å². The summed E-state index contributed by atoms with van der Waals surface area (Å²) in [6, 6.07) is 12.3. The zero-order valence-corrected chi connectivity index (χ0v) is 28.7. The first-order valence-electron chi connectivity index (χ1n) is 11.8. The first-order chi connectivity index (χ1) is 14.6. The Hall–Kier alpha value is 0.905. The van der Waals surface area contributed by atoms with E-state index < -0.39 is 7.12 Å². The van der Waals surface area contributed by atoms with Crippen LogP contribution in [-0.4, -0.2) is 7.12 Å². The number of rotatable bonds is 1. The molecule has 182 valence electrons. The Morgan fingerprint density at radius 2 is 0.943 bits per heavy atom. The molecule has 0 atom stereocenters. The van der Waals surface area contributed by atoms with Crippen LogP contribution in [0.25, 0.3) is 0 Å². The van der Waals surface area contributed by atoms with Gasteiger partial charge < -0.3 is 10.0 Å². The fraction of sp³-hybridized carbons (Fsp3) is 0.586. The van der Waals surface area contributed by atoms with Gasteiger partial charge in [-0.2, -0.15) is 0 Å². The van der Waals surface area contributed by atoms with Gasteiger partial charge in [0.1, 0.15) is 0 Å². The summed E-state index contributed by atoms with van der Waals surface area (Å²) in [5, 5.41) is 22.1. The van der Waals surface area contributed by atoms with Crippen LogP contribution in [0.5, 0.6) is 0 Å². The summed E-state index contributed by atoms with van der Waals surface area (Å²) in [5.74, 6) is 0. The molecule has 0 aromatic heterocycles. The van der Waals surface area contributed by atoms with Crippen LogP contribution in [0.1, 0.15) is 111 Å². The van der Waals surface area contributed by atoms with Gasteiger partial charge in [0.25, 0.3) is 0 Å². The molecule has 0 saturated carbocycles. The summed E-state index contributed by atoms with van der Waals surface area (Å²) >= 11 is 3.58. The van der Waals surface area contributed by atoms with E-state index in [-0.39, 0.29) is 77.4 Å². The van der Waals surface area contributed by atoms with Crippen molar-refractivity contribution in [2.75, 3.05) is 0 Å². The Morgan fingerprint density at radius 3 is 1.34 bits per heavy atom. The molecule has 2 aromatic carbocycles. The molecule has 2 aliphatic carbocycles. The van der Waals surface area contributed by atoms with Gasteiger partial charge in [0, 0.05) is 4.47 Å². The Bertz CT molecular complexity index is 1000. The van der Waals surface area contributed by atoms with Crippen molar-refractivity contribution in [2.24, 2.45) is 0 Å². The van der Waals surface area contributed by atoms with E-state index in [0.717, 1.165) is 12.8 Å². The Labute approximate surface area is 268 Å². The van der Waals surface area contributed by atoms with E-state index in [9.17, 15) is 10.0 Å². The molecule has 0 unspecified atom stereocenters. The average molecular weight is 559 g/mol. The molecule has 0 radical (unpaired) electrons. The molecule has 35 heavy (non-hydrogen) atoms. The van der Waals surface area contributed by atoms with Gasteiger partial charge in [0.15, 0.2) is 0 Å². The minimum Gasteiger partial charge on any atom is -0.889 e. The quantitative estimate of drug-likeness (QED) is 0.459. The predicted molar refractivity (Wildman–Crippen MR) is 143 cm³/mol. The maximum Gasteiger partial charge on any atom is 1.00 e. The second-order valence-electron chi connectivity index (χ2n) is 12.4. The molecule has 0 aliphatic heterocycles. The third-order valence-corrected chi connectivity index (χ3v) is 8.46. The van der Waals surface area contributed by atoms with Gasteiger partial charge >= 0.3 is 59.1 Å². The largest absolute Gasteiger partial charge is 1.00 e. The fourth-order valence-corrected chi connectivity index (χ4v) is 5.67. The zero-order chi connectivity index (χ0) is 24.1. The second-order valence-corrected chi connectivity index (χ2v) is 13.3. The Kier molecular flexibility index (Phi) is 13.2. The maximum atomic E-state index is 11.0. The molecule has 2 aromatic rings. The van der Waals surface area contributed by atoms with Crippen LogP contribution in [0.2, 0.25) is 0 Å². The van der Waals surface area contributed by atoms with Gasteiger partial charge in [0.05, 0.1) is 0 Å². The summed E-state index contributed by atoms with van der Waals surface area (Å²) in [7, 11) is -1.87. The molecule has 0 fully saturated rings. The van der Waals surface area contributed by atoms with Crippen molar-refractivity contribution in [3.8, 4) is 0 Å². The molecule has 2 nitrogen and oxygen atoms in total. The fourth-order valence-electron chi connectivity index (χ4n) is 5.31. The van der Waals surface area contributed by atoms with Crippen molar-refractivity contribution < 1.29 is 69.2 Å². The maximum absolute atomic E-state index is 11.0. The van der Waals surface area contributed by atoms with Crippen LogP contribution in [0.4, 0.5) is 0 Å². The van der Waals surface area contributed by atoms with Crippen molar-refractivity contribution in [3.05, 3.63) is 63.1 Å². The molecule has 0 bridgehead atoms. The van der Waals surface area contributed by atoms with E-state index in [1.807, 2.05) is 12.1 Å². The molecule has 2 aliphatic rings. The van der Waals surface area contributed by atoms with Gasteiger partial charge in [-0.15, -0.1) is 5.46 Å². The number of fused-ring (bicyclic) bond motifs is 2. The summed E-state index contributed by atoms with van der Waals surface area (Å²) in [6.07, 6.45) is 4.81. The molecule has 0 heterocycles. The topological polar surface area (TPSA) is 46.1 Å². The number of hydrogen-bond acceptors (Lipinski definition) is 2. The van der Waals surface area contributed by atoms with E-state index in [1.165, 1.54) is 39.6 Å². The molecular weight excluding hydrogens is 517 g/mol. The first kappa shape index (κ1) is 35.9. The molecule has 0 amide bonds. The smallest absolute Gasteiger partial charge is 0.889 e.